The van der Waals surface area contributed by atoms with Crippen LogP contribution in [0.5, 0.6) is 0 Å². The fraction of sp³-hybridized carbons (Fsp3) is 0.929. The second-order valence-corrected chi connectivity index (χ2v) is 6.87. The topological polar surface area (TPSA) is 84.6 Å². The molecule has 0 aliphatic carbocycles. The second-order valence-electron chi connectivity index (χ2n) is 6.87. The van der Waals surface area contributed by atoms with E-state index in [0.29, 0.717) is 19.4 Å². The minimum Gasteiger partial charge on any atom is -0.385 e. The smallest absolute Gasteiger partial charge is 0.221 e. The second kappa shape index (κ2) is 6.20. The van der Waals surface area contributed by atoms with E-state index < -0.39 is 5.60 Å². The van der Waals surface area contributed by atoms with Crippen LogP contribution in [0.4, 0.5) is 0 Å². The van der Waals surface area contributed by atoms with Crippen LogP contribution in [0.1, 0.15) is 47.0 Å². The van der Waals surface area contributed by atoms with Gasteiger partial charge >= 0.3 is 0 Å². The van der Waals surface area contributed by atoms with Gasteiger partial charge in [-0.15, -0.1) is 0 Å². The predicted molar refractivity (Wildman–Crippen MR) is 74.7 cm³/mol. The maximum atomic E-state index is 11.8. The first kappa shape index (κ1) is 16.4. The van der Waals surface area contributed by atoms with E-state index in [4.69, 9.17) is 10.5 Å². The molecule has 1 heterocycles. The Balaban J connectivity index is 2.32. The van der Waals surface area contributed by atoms with E-state index in [1.165, 1.54) is 0 Å². The number of carbonyl (C=O) groups is 1. The number of hydrogen-bond acceptors (Lipinski definition) is 4. The van der Waals surface area contributed by atoms with E-state index in [9.17, 15) is 9.90 Å². The molecule has 0 aromatic rings. The Bertz CT molecular complexity index is 314. The lowest BCUT2D eigenvalue weighted by Gasteiger charge is -2.27. The highest BCUT2D eigenvalue weighted by Gasteiger charge is 2.39. The Labute approximate surface area is 115 Å². The Kier molecular flexibility index (Phi) is 5.35. The molecule has 3 unspecified atom stereocenters. The molecule has 1 aliphatic rings. The van der Waals surface area contributed by atoms with Crippen molar-refractivity contribution >= 4 is 5.91 Å². The molecule has 1 aliphatic heterocycles. The zero-order chi connectivity index (χ0) is 14.7. The number of amides is 1. The van der Waals surface area contributed by atoms with Gasteiger partial charge in [0, 0.05) is 32.0 Å². The molecular weight excluding hydrogens is 244 g/mol. The van der Waals surface area contributed by atoms with Gasteiger partial charge in [-0.2, -0.15) is 0 Å². The lowest BCUT2D eigenvalue weighted by atomic mass is 9.87. The summed E-state index contributed by atoms with van der Waals surface area (Å²) in [6.07, 6.45) is 1.41. The average Bonchev–Trinajstić information content (AvgIpc) is 2.54. The van der Waals surface area contributed by atoms with Gasteiger partial charge in [-0.1, -0.05) is 20.8 Å². The standard InChI is InChI=1S/C14H28N2O3/c1-10-14(18,5-6-19-10)9-16-12(17)7-11(15)8-13(2,3)4/h10-11,18H,5-9,15H2,1-4H3,(H,16,17). The van der Waals surface area contributed by atoms with Gasteiger partial charge in [0.25, 0.3) is 0 Å². The molecular formula is C14H28N2O3. The fourth-order valence-electron chi connectivity index (χ4n) is 2.42. The summed E-state index contributed by atoms with van der Waals surface area (Å²) < 4.78 is 5.32. The minimum absolute atomic E-state index is 0.107. The lowest BCUT2D eigenvalue weighted by molar-refractivity contribution is -0.123. The van der Waals surface area contributed by atoms with Crippen molar-refractivity contribution in [3.05, 3.63) is 0 Å². The van der Waals surface area contributed by atoms with Gasteiger partial charge in [-0.05, 0) is 18.8 Å². The predicted octanol–water partition coefficient (Wildman–Crippen LogP) is 0.796. The molecule has 0 spiro atoms. The van der Waals surface area contributed by atoms with E-state index >= 15 is 0 Å². The SMILES string of the molecule is CC1OCCC1(O)CNC(=O)CC(N)CC(C)(C)C. The molecule has 19 heavy (non-hydrogen) atoms. The first-order valence-corrected chi connectivity index (χ1v) is 6.99. The van der Waals surface area contributed by atoms with Crippen molar-refractivity contribution in [3.63, 3.8) is 0 Å². The third kappa shape index (κ3) is 5.47. The van der Waals surface area contributed by atoms with Gasteiger partial charge in [0.05, 0.1) is 6.10 Å². The van der Waals surface area contributed by atoms with Crippen LogP contribution in [0.3, 0.4) is 0 Å². The summed E-state index contributed by atoms with van der Waals surface area (Å²) in [5.74, 6) is -0.107. The monoisotopic (exact) mass is 272 g/mol. The first-order valence-electron chi connectivity index (χ1n) is 6.99. The van der Waals surface area contributed by atoms with Gasteiger partial charge in [-0.25, -0.2) is 0 Å². The number of carbonyl (C=O) groups excluding carboxylic acids is 1. The third-order valence-electron chi connectivity index (χ3n) is 3.57. The fourth-order valence-corrected chi connectivity index (χ4v) is 2.42. The largest absolute Gasteiger partial charge is 0.385 e. The van der Waals surface area contributed by atoms with E-state index in [1.54, 1.807) is 0 Å². The Morgan fingerprint density at radius 2 is 2.21 bits per heavy atom. The van der Waals surface area contributed by atoms with Crippen LogP contribution in [0.2, 0.25) is 0 Å². The summed E-state index contributed by atoms with van der Waals surface area (Å²) in [5.41, 5.74) is 5.13. The summed E-state index contributed by atoms with van der Waals surface area (Å²) in [6.45, 7) is 8.90. The van der Waals surface area contributed by atoms with Crippen LogP contribution in [-0.2, 0) is 9.53 Å². The number of aliphatic hydroxyl groups is 1. The van der Waals surface area contributed by atoms with Gasteiger partial charge in [0.15, 0.2) is 0 Å². The van der Waals surface area contributed by atoms with Crippen molar-refractivity contribution < 1.29 is 14.6 Å². The highest BCUT2D eigenvalue weighted by atomic mass is 16.5. The number of nitrogens with two attached hydrogens (primary N) is 1. The quantitative estimate of drug-likeness (QED) is 0.691. The molecule has 1 rings (SSSR count). The van der Waals surface area contributed by atoms with Crippen molar-refractivity contribution in [1.29, 1.82) is 0 Å². The molecule has 3 atom stereocenters. The normalized spacial score (nSPS) is 29.3. The van der Waals surface area contributed by atoms with Crippen molar-refractivity contribution in [1.82, 2.24) is 5.32 Å². The van der Waals surface area contributed by atoms with Crippen LogP contribution in [0.15, 0.2) is 0 Å². The molecule has 0 aromatic heterocycles. The molecule has 4 N–H and O–H groups in total. The summed E-state index contributed by atoms with van der Waals surface area (Å²) in [6, 6.07) is -0.146. The summed E-state index contributed by atoms with van der Waals surface area (Å²) in [7, 11) is 0. The maximum Gasteiger partial charge on any atom is 0.221 e. The van der Waals surface area contributed by atoms with E-state index in [1.807, 2.05) is 6.92 Å². The van der Waals surface area contributed by atoms with Crippen LogP contribution in [-0.4, -0.2) is 41.9 Å². The van der Waals surface area contributed by atoms with Crippen LogP contribution < -0.4 is 11.1 Å². The number of rotatable bonds is 5. The molecule has 0 bridgehead atoms. The van der Waals surface area contributed by atoms with Crippen molar-refractivity contribution in [2.24, 2.45) is 11.1 Å². The van der Waals surface area contributed by atoms with Crippen molar-refractivity contribution in [2.75, 3.05) is 13.2 Å². The van der Waals surface area contributed by atoms with E-state index in [2.05, 4.69) is 26.1 Å². The Morgan fingerprint density at radius 3 is 2.68 bits per heavy atom. The van der Waals surface area contributed by atoms with Crippen LogP contribution in [0, 0.1) is 5.41 Å². The number of hydrogen-bond donors (Lipinski definition) is 3. The average molecular weight is 272 g/mol. The van der Waals surface area contributed by atoms with Gasteiger partial charge in [0.1, 0.15) is 5.60 Å². The lowest BCUT2D eigenvalue weighted by Crippen LogP contribution is -2.48. The summed E-state index contributed by atoms with van der Waals surface area (Å²) >= 11 is 0. The van der Waals surface area contributed by atoms with Gasteiger partial charge < -0.3 is 20.9 Å². The molecule has 1 saturated heterocycles. The molecule has 5 heteroatoms. The number of ether oxygens (including phenoxy) is 1. The maximum absolute atomic E-state index is 11.8. The summed E-state index contributed by atoms with van der Waals surface area (Å²) in [4.78, 5) is 11.8. The molecule has 1 fully saturated rings. The number of nitrogens with one attached hydrogen (secondary N) is 1. The molecule has 1 amide bonds. The highest BCUT2D eigenvalue weighted by molar-refractivity contribution is 5.76. The van der Waals surface area contributed by atoms with Gasteiger partial charge in [-0.3, -0.25) is 4.79 Å². The highest BCUT2D eigenvalue weighted by Crippen LogP contribution is 2.25. The van der Waals surface area contributed by atoms with Crippen molar-refractivity contribution in [3.8, 4) is 0 Å². The van der Waals surface area contributed by atoms with E-state index in [-0.39, 0.29) is 30.0 Å². The van der Waals surface area contributed by atoms with Crippen LogP contribution in [0.25, 0.3) is 0 Å². The molecule has 0 saturated carbocycles. The molecule has 0 aromatic carbocycles. The molecule has 112 valence electrons. The summed E-state index contributed by atoms with van der Waals surface area (Å²) in [5, 5.41) is 13.0. The third-order valence-corrected chi connectivity index (χ3v) is 3.57. The minimum atomic E-state index is -0.941. The van der Waals surface area contributed by atoms with E-state index in [0.717, 1.165) is 6.42 Å². The van der Waals surface area contributed by atoms with Crippen molar-refractivity contribution in [2.45, 2.75) is 64.7 Å². The zero-order valence-corrected chi connectivity index (χ0v) is 12.5. The zero-order valence-electron chi connectivity index (χ0n) is 12.5. The molecule has 5 nitrogen and oxygen atoms in total. The first-order chi connectivity index (χ1) is 8.62. The Morgan fingerprint density at radius 1 is 1.58 bits per heavy atom. The Hall–Kier alpha value is -0.650. The van der Waals surface area contributed by atoms with Gasteiger partial charge in [0.2, 0.25) is 5.91 Å². The molecule has 0 radical (unpaired) electrons. The van der Waals surface area contributed by atoms with Crippen LogP contribution >= 0.6 is 0 Å².